The van der Waals surface area contributed by atoms with Crippen molar-refractivity contribution in [3.8, 4) is 11.5 Å². The molecule has 0 saturated heterocycles. The van der Waals surface area contributed by atoms with Gasteiger partial charge in [-0.1, -0.05) is 6.07 Å². The molecule has 0 aliphatic heterocycles. The molecule has 0 bridgehead atoms. The number of nitrogens with zero attached hydrogens (tertiary/aromatic N) is 4. The van der Waals surface area contributed by atoms with Crippen LogP contribution in [-0.4, -0.2) is 30.6 Å². The van der Waals surface area contributed by atoms with Crippen molar-refractivity contribution in [2.45, 2.75) is 6.54 Å². The van der Waals surface area contributed by atoms with Crippen LogP contribution < -0.4 is 0 Å². The number of hydrogen-bond donors (Lipinski definition) is 1. The minimum Gasteiger partial charge on any atom is -0.395 e. The molecule has 3 rings (SSSR count). The van der Waals surface area contributed by atoms with Crippen molar-refractivity contribution >= 4 is 5.65 Å². The monoisotopic (exact) mass is 228 g/mol. The molecule has 0 saturated carbocycles. The maximum Gasteiger partial charge on any atom is 0.158 e. The van der Waals surface area contributed by atoms with Crippen LogP contribution in [0.5, 0.6) is 0 Å². The number of aromatic nitrogens is 4. The number of aliphatic hydroxyl groups is 1. The van der Waals surface area contributed by atoms with E-state index in [1.165, 1.54) is 0 Å². The van der Waals surface area contributed by atoms with Gasteiger partial charge in [-0.25, -0.2) is 9.97 Å². The average Bonchev–Trinajstić information content (AvgIpc) is 2.95. The van der Waals surface area contributed by atoms with Gasteiger partial charge in [-0.15, -0.1) is 0 Å². The van der Waals surface area contributed by atoms with E-state index in [0.717, 1.165) is 17.2 Å². The van der Waals surface area contributed by atoms with Gasteiger partial charge in [0.15, 0.2) is 5.82 Å². The molecular formula is C12H12N4O. The van der Waals surface area contributed by atoms with Crippen molar-refractivity contribution in [3.63, 3.8) is 0 Å². The summed E-state index contributed by atoms with van der Waals surface area (Å²) < 4.78 is 3.90. The van der Waals surface area contributed by atoms with Crippen LogP contribution in [0.4, 0.5) is 0 Å². The van der Waals surface area contributed by atoms with Crippen molar-refractivity contribution in [1.29, 1.82) is 0 Å². The van der Waals surface area contributed by atoms with Crippen molar-refractivity contribution in [2.75, 3.05) is 6.61 Å². The van der Waals surface area contributed by atoms with E-state index in [2.05, 4.69) is 9.97 Å². The highest BCUT2D eigenvalue weighted by molar-refractivity contribution is 5.57. The first kappa shape index (κ1) is 10.0. The third kappa shape index (κ3) is 1.60. The van der Waals surface area contributed by atoms with Gasteiger partial charge in [0.05, 0.1) is 12.8 Å². The van der Waals surface area contributed by atoms with Crippen LogP contribution in [0, 0.1) is 0 Å². The normalized spacial score (nSPS) is 11.1. The molecule has 3 heterocycles. The second kappa shape index (κ2) is 4.03. The van der Waals surface area contributed by atoms with E-state index in [-0.39, 0.29) is 6.61 Å². The molecule has 0 fully saturated rings. The van der Waals surface area contributed by atoms with E-state index in [9.17, 15) is 0 Å². The first-order chi connectivity index (χ1) is 8.40. The highest BCUT2D eigenvalue weighted by Crippen LogP contribution is 2.18. The summed E-state index contributed by atoms with van der Waals surface area (Å²) in [6.07, 6.45) is 7.34. The van der Waals surface area contributed by atoms with Gasteiger partial charge in [-0.2, -0.15) is 0 Å². The molecule has 5 nitrogen and oxygen atoms in total. The van der Waals surface area contributed by atoms with E-state index in [0.29, 0.717) is 6.54 Å². The van der Waals surface area contributed by atoms with Gasteiger partial charge < -0.3 is 9.67 Å². The van der Waals surface area contributed by atoms with Crippen molar-refractivity contribution in [1.82, 2.24) is 18.9 Å². The molecule has 0 unspecified atom stereocenters. The van der Waals surface area contributed by atoms with Gasteiger partial charge in [-0.3, -0.25) is 4.40 Å². The molecule has 86 valence electrons. The summed E-state index contributed by atoms with van der Waals surface area (Å²) in [5, 5.41) is 9.00. The Morgan fingerprint density at radius 1 is 1.18 bits per heavy atom. The Labute approximate surface area is 98.0 Å². The predicted molar refractivity (Wildman–Crippen MR) is 63.5 cm³/mol. The number of rotatable bonds is 3. The zero-order valence-electron chi connectivity index (χ0n) is 9.19. The number of aliphatic hydroxyl groups excluding tert-OH is 1. The smallest absolute Gasteiger partial charge is 0.158 e. The second-order valence-corrected chi connectivity index (χ2v) is 3.74. The molecule has 0 amide bonds. The Bertz CT molecular complexity index is 641. The third-order valence-electron chi connectivity index (χ3n) is 2.70. The van der Waals surface area contributed by atoms with Gasteiger partial charge in [0.1, 0.15) is 11.3 Å². The molecule has 0 radical (unpaired) electrons. The molecule has 3 aromatic heterocycles. The maximum atomic E-state index is 9.00. The van der Waals surface area contributed by atoms with Crippen LogP contribution in [0.15, 0.2) is 43.0 Å². The quantitative estimate of drug-likeness (QED) is 0.732. The number of imidazole rings is 2. The predicted octanol–water partition coefficient (Wildman–Crippen LogP) is 1.19. The first-order valence-electron chi connectivity index (χ1n) is 5.44. The molecule has 0 spiro atoms. The van der Waals surface area contributed by atoms with Crippen LogP contribution in [0.3, 0.4) is 0 Å². The number of fused-ring (bicyclic) bond motifs is 1. The van der Waals surface area contributed by atoms with Gasteiger partial charge >= 0.3 is 0 Å². The summed E-state index contributed by atoms with van der Waals surface area (Å²) in [5.41, 5.74) is 1.82. The lowest BCUT2D eigenvalue weighted by Gasteiger charge is -2.05. The molecule has 17 heavy (non-hydrogen) atoms. The minimum atomic E-state index is 0.0973. The molecule has 0 aromatic carbocycles. The number of pyridine rings is 1. The van der Waals surface area contributed by atoms with Crippen molar-refractivity contribution in [3.05, 3.63) is 43.0 Å². The molecule has 0 atom stereocenters. The Hall–Kier alpha value is -2.14. The standard InChI is InChI=1S/C12H12N4O/c17-8-7-15-6-4-13-12(15)10-9-14-11-3-1-2-5-16(10)11/h1-6,9,17H,7-8H2. The SMILES string of the molecule is OCCn1ccnc1-c1cnc2ccccn12. The molecule has 1 N–H and O–H groups in total. The Kier molecular flexibility index (Phi) is 2.38. The average molecular weight is 228 g/mol. The Morgan fingerprint density at radius 2 is 2.12 bits per heavy atom. The largest absolute Gasteiger partial charge is 0.395 e. The lowest BCUT2D eigenvalue weighted by molar-refractivity contribution is 0.276. The fraction of sp³-hybridized carbons (Fsp3) is 0.167. The Balaban J connectivity index is 2.17. The first-order valence-corrected chi connectivity index (χ1v) is 5.44. The summed E-state index contributed by atoms with van der Waals surface area (Å²) in [6, 6.07) is 5.85. The van der Waals surface area contributed by atoms with Gasteiger partial charge in [0, 0.05) is 25.1 Å². The summed E-state index contributed by atoms with van der Waals surface area (Å²) in [6.45, 7) is 0.634. The molecule has 5 heteroatoms. The third-order valence-corrected chi connectivity index (χ3v) is 2.70. The summed E-state index contributed by atoms with van der Waals surface area (Å²) in [5.74, 6) is 0.817. The van der Waals surface area contributed by atoms with Gasteiger partial charge in [-0.05, 0) is 12.1 Å². The molecular weight excluding hydrogens is 216 g/mol. The minimum absolute atomic E-state index is 0.0973. The maximum absolute atomic E-state index is 9.00. The van der Waals surface area contributed by atoms with Crippen LogP contribution in [0.2, 0.25) is 0 Å². The highest BCUT2D eigenvalue weighted by Gasteiger charge is 2.10. The van der Waals surface area contributed by atoms with E-state index in [4.69, 9.17) is 5.11 Å². The molecule has 0 aliphatic rings. The number of hydrogen-bond acceptors (Lipinski definition) is 3. The zero-order chi connectivity index (χ0) is 11.7. The van der Waals surface area contributed by atoms with Gasteiger partial charge in [0.25, 0.3) is 0 Å². The molecule has 0 aliphatic carbocycles. The topological polar surface area (TPSA) is 55.3 Å². The zero-order valence-corrected chi connectivity index (χ0v) is 9.19. The van der Waals surface area contributed by atoms with E-state index >= 15 is 0 Å². The summed E-state index contributed by atoms with van der Waals surface area (Å²) in [7, 11) is 0. The fourth-order valence-electron chi connectivity index (χ4n) is 1.93. The lowest BCUT2D eigenvalue weighted by Crippen LogP contribution is -2.04. The summed E-state index contributed by atoms with van der Waals surface area (Å²) >= 11 is 0. The van der Waals surface area contributed by atoms with Crippen LogP contribution in [-0.2, 0) is 6.54 Å². The highest BCUT2D eigenvalue weighted by atomic mass is 16.3. The van der Waals surface area contributed by atoms with Gasteiger partial charge in [0.2, 0.25) is 0 Å². The van der Waals surface area contributed by atoms with Crippen LogP contribution in [0.1, 0.15) is 0 Å². The Morgan fingerprint density at radius 3 is 3.00 bits per heavy atom. The van der Waals surface area contributed by atoms with Crippen molar-refractivity contribution in [2.24, 2.45) is 0 Å². The second-order valence-electron chi connectivity index (χ2n) is 3.74. The van der Waals surface area contributed by atoms with E-state index in [1.807, 2.05) is 39.6 Å². The van der Waals surface area contributed by atoms with Crippen molar-refractivity contribution < 1.29 is 5.11 Å². The van der Waals surface area contributed by atoms with Crippen LogP contribution >= 0.6 is 0 Å². The molecule has 3 aromatic rings. The van der Waals surface area contributed by atoms with E-state index in [1.54, 1.807) is 12.4 Å². The van der Waals surface area contributed by atoms with Crippen LogP contribution in [0.25, 0.3) is 17.2 Å². The lowest BCUT2D eigenvalue weighted by atomic mass is 10.4. The summed E-state index contributed by atoms with van der Waals surface area (Å²) in [4.78, 5) is 8.64. The van der Waals surface area contributed by atoms with E-state index < -0.39 is 0 Å². The fourth-order valence-corrected chi connectivity index (χ4v) is 1.93.